The molecular weight excluding hydrogens is 448 g/mol. The zero-order valence-electron chi connectivity index (χ0n) is 20.8. The van der Waals surface area contributed by atoms with Crippen molar-refractivity contribution < 1.29 is 14.3 Å². The number of alkyl carbamates (subject to hydrolysis) is 1. The lowest BCUT2D eigenvalue weighted by molar-refractivity contribution is -0.132. The highest BCUT2D eigenvalue weighted by Crippen LogP contribution is 2.41. The van der Waals surface area contributed by atoms with Gasteiger partial charge in [0.25, 0.3) is 0 Å². The van der Waals surface area contributed by atoms with Gasteiger partial charge in [-0.15, -0.1) is 0 Å². The maximum atomic E-state index is 12.5. The summed E-state index contributed by atoms with van der Waals surface area (Å²) in [4.78, 5) is 27.0. The highest BCUT2D eigenvalue weighted by atomic mass is 35.5. The van der Waals surface area contributed by atoms with Crippen LogP contribution in [0.1, 0.15) is 64.5 Å². The monoisotopic (exact) mass is 484 g/mol. The van der Waals surface area contributed by atoms with Gasteiger partial charge in [0.1, 0.15) is 5.60 Å². The van der Waals surface area contributed by atoms with Crippen LogP contribution in [-0.4, -0.2) is 41.6 Å². The summed E-state index contributed by atoms with van der Waals surface area (Å²) in [7, 11) is 0. The van der Waals surface area contributed by atoms with E-state index in [4.69, 9.17) is 16.3 Å². The average Bonchev–Trinajstić information content (AvgIpc) is 2.78. The van der Waals surface area contributed by atoms with Crippen molar-refractivity contribution in [3.05, 3.63) is 70.7 Å². The predicted octanol–water partition coefficient (Wildman–Crippen LogP) is 6.14. The Hall–Kier alpha value is -2.53. The molecule has 3 rings (SSSR count). The van der Waals surface area contributed by atoms with Crippen LogP contribution < -0.4 is 5.32 Å². The van der Waals surface area contributed by atoms with Gasteiger partial charge in [0.2, 0.25) is 5.91 Å². The van der Waals surface area contributed by atoms with Crippen LogP contribution in [0.5, 0.6) is 0 Å². The number of nitrogens with zero attached hydrogens (tertiary/aromatic N) is 1. The van der Waals surface area contributed by atoms with Gasteiger partial charge in [-0.05, 0) is 76.1 Å². The van der Waals surface area contributed by atoms with Gasteiger partial charge in [-0.25, -0.2) is 4.79 Å². The molecule has 0 aromatic heterocycles. The first kappa shape index (κ1) is 26.1. The van der Waals surface area contributed by atoms with Gasteiger partial charge in [0, 0.05) is 36.5 Å². The molecule has 0 unspecified atom stereocenters. The molecule has 34 heavy (non-hydrogen) atoms. The summed E-state index contributed by atoms with van der Waals surface area (Å²) >= 11 is 6.33. The number of benzene rings is 2. The topological polar surface area (TPSA) is 58.6 Å². The lowest BCUT2D eigenvalue weighted by Gasteiger charge is -2.44. The van der Waals surface area contributed by atoms with Gasteiger partial charge >= 0.3 is 6.09 Å². The smallest absolute Gasteiger partial charge is 0.407 e. The Morgan fingerprint density at radius 2 is 1.76 bits per heavy atom. The highest BCUT2D eigenvalue weighted by Gasteiger charge is 2.39. The van der Waals surface area contributed by atoms with Crippen molar-refractivity contribution in [3.8, 4) is 0 Å². The van der Waals surface area contributed by atoms with Crippen molar-refractivity contribution in [2.24, 2.45) is 0 Å². The largest absolute Gasteiger partial charge is 0.444 e. The minimum absolute atomic E-state index is 0.114. The molecule has 1 N–H and O–H groups in total. The molecule has 5 nitrogen and oxygen atoms in total. The molecule has 184 valence electrons. The molecule has 0 atom stereocenters. The van der Waals surface area contributed by atoms with Crippen molar-refractivity contribution in [2.75, 3.05) is 13.1 Å². The number of amides is 2. The van der Waals surface area contributed by atoms with Crippen molar-refractivity contribution in [3.63, 3.8) is 0 Å². The summed E-state index contributed by atoms with van der Waals surface area (Å²) in [6.45, 7) is 8.42. The van der Waals surface area contributed by atoms with Crippen molar-refractivity contribution in [1.82, 2.24) is 10.2 Å². The molecule has 2 aromatic carbocycles. The predicted molar refractivity (Wildman–Crippen MR) is 137 cm³/mol. The molecule has 1 saturated carbocycles. The Morgan fingerprint density at radius 3 is 2.35 bits per heavy atom. The van der Waals surface area contributed by atoms with E-state index >= 15 is 0 Å². The molecule has 0 saturated heterocycles. The average molecular weight is 485 g/mol. The molecule has 2 aromatic rings. The Morgan fingerprint density at radius 1 is 1.09 bits per heavy atom. The number of carbonyl (C=O) groups is 2. The summed E-state index contributed by atoms with van der Waals surface area (Å²) in [5, 5.41) is 3.68. The summed E-state index contributed by atoms with van der Waals surface area (Å²) in [6.07, 6.45) is 3.88. The molecule has 0 aliphatic heterocycles. The molecule has 1 fully saturated rings. The Labute approximate surface area is 208 Å². The summed E-state index contributed by atoms with van der Waals surface area (Å²) < 4.78 is 5.47. The lowest BCUT2D eigenvalue weighted by Crippen LogP contribution is -2.49. The van der Waals surface area contributed by atoms with Gasteiger partial charge in [-0.1, -0.05) is 54.1 Å². The van der Waals surface area contributed by atoms with Gasteiger partial charge in [0.15, 0.2) is 0 Å². The van der Waals surface area contributed by atoms with Crippen molar-refractivity contribution >= 4 is 23.6 Å². The van der Waals surface area contributed by atoms with E-state index in [1.165, 1.54) is 5.56 Å². The standard InChI is InChI=1S/C28H37ClN2O3/c1-21(32)31(18-15-22-9-6-5-7-10-22)25-13-16-28(17-14-25,23-11-8-12-24(29)19-23)20-30-26(33)34-27(2,3)4/h5-12,19,25H,13-18,20H2,1-4H3,(H,30,33). The van der Waals surface area contributed by atoms with Gasteiger partial charge in [0.05, 0.1) is 0 Å². The number of rotatable bonds is 7. The Balaban J connectivity index is 1.71. The molecule has 0 spiro atoms. The Bertz CT molecular complexity index is 963. The van der Waals surface area contributed by atoms with Crippen LogP contribution in [0.3, 0.4) is 0 Å². The number of nitrogens with one attached hydrogen (secondary N) is 1. The van der Waals surface area contributed by atoms with E-state index in [1.807, 2.05) is 62.1 Å². The molecule has 0 radical (unpaired) electrons. The van der Waals surface area contributed by atoms with Crippen LogP contribution in [0.2, 0.25) is 5.02 Å². The number of carbonyl (C=O) groups excluding carboxylic acids is 2. The third-order valence-corrected chi connectivity index (χ3v) is 6.88. The maximum absolute atomic E-state index is 12.5. The van der Waals surface area contributed by atoms with E-state index in [1.54, 1.807) is 6.92 Å². The van der Waals surface area contributed by atoms with Crippen LogP contribution in [0.15, 0.2) is 54.6 Å². The fourth-order valence-electron chi connectivity index (χ4n) is 4.90. The van der Waals surface area contributed by atoms with Gasteiger partial charge in [-0.2, -0.15) is 0 Å². The molecule has 1 aliphatic rings. The SMILES string of the molecule is CC(=O)N(CCc1ccccc1)C1CCC(CNC(=O)OC(C)(C)C)(c2cccc(Cl)c2)CC1. The second-order valence-corrected chi connectivity index (χ2v) is 10.8. The van der Waals surface area contributed by atoms with E-state index in [0.29, 0.717) is 18.1 Å². The molecule has 0 heterocycles. The maximum Gasteiger partial charge on any atom is 0.407 e. The number of halogens is 1. The van der Waals surface area contributed by atoms with E-state index in [9.17, 15) is 9.59 Å². The Kier molecular flexibility index (Phi) is 8.64. The number of hydrogen-bond acceptors (Lipinski definition) is 3. The lowest BCUT2D eigenvalue weighted by atomic mass is 9.67. The number of hydrogen-bond donors (Lipinski definition) is 1. The minimum atomic E-state index is -0.550. The molecular formula is C28H37ClN2O3. The second kappa shape index (κ2) is 11.3. The van der Waals surface area contributed by atoms with Crippen molar-refractivity contribution in [2.45, 2.75) is 76.9 Å². The van der Waals surface area contributed by atoms with Crippen LogP contribution in [-0.2, 0) is 21.4 Å². The minimum Gasteiger partial charge on any atom is -0.444 e. The van der Waals surface area contributed by atoms with E-state index in [-0.39, 0.29) is 17.4 Å². The fraction of sp³-hybridized carbons (Fsp3) is 0.500. The molecule has 6 heteroatoms. The molecule has 0 bridgehead atoms. The van der Waals surface area contributed by atoms with E-state index in [2.05, 4.69) is 23.5 Å². The third-order valence-electron chi connectivity index (χ3n) is 6.65. The normalized spacial score (nSPS) is 20.4. The van der Waals surface area contributed by atoms with Crippen LogP contribution in [0.25, 0.3) is 0 Å². The first-order chi connectivity index (χ1) is 16.1. The third kappa shape index (κ3) is 7.23. The van der Waals surface area contributed by atoms with Crippen molar-refractivity contribution in [1.29, 1.82) is 0 Å². The summed E-state index contributed by atoms with van der Waals surface area (Å²) in [5.74, 6) is 0.114. The highest BCUT2D eigenvalue weighted by molar-refractivity contribution is 6.30. The number of ether oxygens (including phenoxy) is 1. The first-order valence-corrected chi connectivity index (χ1v) is 12.5. The summed E-state index contributed by atoms with van der Waals surface area (Å²) in [6, 6.07) is 18.4. The zero-order chi connectivity index (χ0) is 24.8. The van der Waals surface area contributed by atoms with Crippen LogP contribution >= 0.6 is 11.6 Å². The second-order valence-electron chi connectivity index (χ2n) is 10.3. The van der Waals surface area contributed by atoms with Crippen LogP contribution in [0.4, 0.5) is 4.79 Å². The zero-order valence-corrected chi connectivity index (χ0v) is 21.5. The van der Waals surface area contributed by atoms with Gasteiger partial charge < -0.3 is 15.0 Å². The van der Waals surface area contributed by atoms with Gasteiger partial charge in [-0.3, -0.25) is 4.79 Å². The quantitative estimate of drug-likeness (QED) is 0.513. The molecule has 2 amide bonds. The molecule has 1 aliphatic carbocycles. The van der Waals surface area contributed by atoms with Crippen LogP contribution in [0, 0.1) is 0 Å². The van der Waals surface area contributed by atoms with E-state index < -0.39 is 11.7 Å². The first-order valence-electron chi connectivity index (χ1n) is 12.1. The fourth-order valence-corrected chi connectivity index (χ4v) is 5.09. The van der Waals surface area contributed by atoms with E-state index in [0.717, 1.165) is 37.7 Å². The summed E-state index contributed by atoms with van der Waals surface area (Å²) in [5.41, 5.74) is 1.55.